The van der Waals surface area contributed by atoms with Gasteiger partial charge in [0, 0.05) is 26.7 Å². The minimum Gasteiger partial charge on any atom is -0.459 e. The van der Waals surface area contributed by atoms with Gasteiger partial charge < -0.3 is 30.4 Å². The van der Waals surface area contributed by atoms with Crippen molar-refractivity contribution in [3.63, 3.8) is 0 Å². The van der Waals surface area contributed by atoms with Gasteiger partial charge >= 0.3 is 6.09 Å². The number of aliphatic imine (C=N–C) groups is 1. The Hall–Kier alpha value is -1.98. The third kappa shape index (κ3) is 10.2. The molecule has 0 aromatic carbocycles. The average molecular weight is 537 g/mol. The van der Waals surface area contributed by atoms with Gasteiger partial charge in [-0.3, -0.25) is 9.79 Å². The lowest BCUT2D eigenvalue weighted by Crippen LogP contribution is -2.57. The monoisotopic (exact) mass is 537 g/mol. The summed E-state index contributed by atoms with van der Waals surface area (Å²) in [6.45, 7) is 10.9. The highest BCUT2D eigenvalue weighted by Crippen LogP contribution is 2.16. The second-order valence-corrected chi connectivity index (χ2v) is 7.70. The first-order valence-corrected chi connectivity index (χ1v) is 9.92. The second kappa shape index (κ2) is 13.3. The van der Waals surface area contributed by atoms with Crippen LogP contribution in [0.25, 0.3) is 0 Å². The molecule has 9 nitrogen and oxygen atoms in total. The molecule has 1 aromatic rings. The van der Waals surface area contributed by atoms with E-state index in [0.29, 0.717) is 25.6 Å². The molecule has 0 radical (unpaired) electrons. The Balaban J connectivity index is 0.00000841. The van der Waals surface area contributed by atoms with Gasteiger partial charge in [0.05, 0.1) is 11.8 Å². The summed E-state index contributed by atoms with van der Waals surface area (Å²) in [5, 5.41) is 12.1. The van der Waals surface area contributed by atoms with E-state index in [1.165, 1.54) is 6.26 Å². The van der Waals surface area contributed by atoms with Crippen LogP contribution in [0, 0.1) is 0 Å². The van der Waals surface area contributed by atoms with Crippen LogP contribution in [0.2, 0.25) is 0 Å². The van der Waals surface area contributed by atoms with Gasteiger partial charge in [-0.1, -0.05) is 13.8 Å². The normalized spacial score (nSPS) is 11.9. The number of nitrogens with one attached hydrogen (secondary N) is 4. The third-order valence-corrected chi connectivity index (χ3v) is 4.39. The highest BCUT2D eigenvalue weighted by Gasteiger charge is 2.30. The number of carbonyl (C=O) groups excluding carboxylic acids is 2. The summed E-state index contributed by atoms with van der Waals surface area (Å²) in [6, 6.07) is 3.27. The fraction of sp³-hybridized carbons (Fsp3) is 0.650. The Morgan fingerprint density at radius 2 is 1.73 bits per heavy atom. The van der Waals surface area contributed by atoms with E-state index in [-0.39, 0.29) is 35.6 Å². The first-order valence-electron chi connectivity index (χ1n) is 9.92. The molecule has 0 aliphatic rings. The molecular weight excluding hydrogens is 501 g/mol. The van der Waals surface area contributed by atoms with E-state index >= 15 is 0 Å². The maximum atomic E-state index is 12.2. The van der Waals surface area contributed by atoms with Crippen LogP contribution in [-0.4, -0.2) is 55.8 Å². The van der Waals surface area contributed by atoms with E-state index in [0.717, 1.165) is 12.8 Å². The zero-order valence-electron chi connectivity index (χ0n) is 18.8. The van der Waals surface area contributed by atoms with Crippen molar-refractivity contribution in [3.05, 3.63) is 24.2 Å². The number of halogens is 1. The first kappa shape index (κ1) is 28.0. The number of alkyl carbamates (subject to hydrolysis) is 1. The van der Waals surface area contributed by atoms with Crippen LogP contribution < -0.4 is 21.3 Å². The van der Waals surface area contributed by atoms with Crippen LogP contribution in [-0.2, 0) is 4.74 Å². The predicted molar refractivity (Wildman–Crippen MR) is 129 cm³/mol. The van der Waals surface area contributed by atoms with Gasteiger partial charge in [-0.2, -0.15) is 0 Å². The summed E-state index contributed by atoms with van der Waals surface area (Å²) in [5.41, 5.74) is -1.02. The molecule has 0 saturated heterocycles. The topological polar surface area (TPSA) is 117 Å². The quantitative estimate of drug-likeness (QED) is 0.167. The van der Waals surface area contributed by atoms with Crippen molar-refractivity contribution in [2.24, 2.45) is 4.99 Å². The lowest BCUT2D eigenvalue weighted by molar-refractivity contribution is 0.0448. The number of amides is 2. The maximum absolute atomic E-state index is 12.2. The average Bonchev–Trinajstić information content (AvgIpc) is 3.19. The summed E-state index contributed by atoms with van der Waals surface area (Å²) in [6.07, 6.45) is 2.47. The number of furan rings is 1. The van der Waals surface area contributed by atoms with Crippen molar-refractivity contribution in [2.75, 3.05) is 26.7 Å². The minimum absolute atomic E-state index is 0. The molecule has 30 heavy (non-hydrogen) atoms. The number of ether oxygens (including phenoxy) is 1. The van der Waals surface area contributed by atoms with Crippen molar-refractivity contribution in [1.29, 1.82) is 0 Å². The van der Waals surface area contributed by atoms with Crippen molar-refractivity contribution in [1.82, 2.24) is 21.3 Å². The summed E-state index contributed by atoms with van der Waals surface area (Å²) in [7, 11) is 1.66. The molecule has 0 aliphatic carbocycles. The SMILES string of the molecule is CCC(CC)(CNC(=NC)NCCNC(=O)c1ccco1)NC(=O)OC(C)(C)C.I. The molecule has 172 valence electrons. The Labute approximate surface area is 196 Å². The highest BCUT2D eigenvalue weighted by molar-refractivity contribution is 14.0. The minimum atomic E-state index is -0.553. The molecule has 10 heteroatoms. The van der Waals surface area contributed by atoms with Crippen LogP contribution in [0.3, 0.4) is 0 Å². The van der Waals surface area contributed by atoms with E-state index in [1.54, 1.807) is 19.2 Å². The Morgan fingerprint density at radius 3 is 2.23 bits per heavy atom. The molecule has 0 fully saturated rings. The Bertz CT molecular complexity index is 667. The number of hydrogen-bond donors (Lipinski definition) is 4. The Kier molecular flexibility index (Phi) is 12.5. The molecule has 1 heterocycles. The highest BCUT2D eigenvalue weighted by atomic mass is 127. The largest absolute Gasteiger partial charge is 0.459 e. The smallest absolute Gasteiger partial charge is 0.408 e. The Morgan fingerprint density at radius 1 is 1.10 bits per heavy atom. The number of nitrogens with zero attached hydrogens (tertiary/aromatic N) is 1. The van der Waals surface area contributed by atoms with Crippen LogP contribution in [0.1, 0.15) is 58.0 Å². The second-order valence-electron chi connectivity index (χ2n) is 7.70. The van der Waals surface area contributed by atoms with E-state index < -0.39 is 17.2 Å². The predicted octanol–water partition coefficient (Wildman–Crippen LogP) is 2.88. The van der Waals surface area contributed by atoms with Crippen molar-refractivity contribution in [3.8, 4) is 0 Å². The first-order chi connectivity index (χ1) is 13.6. The summed E-state index contributed by atoms with van der Waals surface area (Å²) in [4.78, 5) is 28.2. The van der Waals surface area contributed by atoms with Crippen molar-refractivity contribution >= 4 is 41.9 Å². The maximum Gasteiger partial charge on any atom is 0.408 e. The van der Waals surface area contributed by atoms with Gasteiger partial charge in [0.15, 0.2) is 11.7 Å². The zero-order valence-corrected chi connectivity index (χ0v) is 21.1. The molecule has 4 N–H and O–H groups in total. The van der Waals surface area contributed by atoms with Gasteiger partial charge in [0.2, 0.25) is 0 Å². The molecule has 1 rings (SSSR count). The van der Waals surface area contributed by atoms with E-state index in [1.807, 2.05) is 34.6 Å². The lowest BCUT2D eigenvalue weighted by atomic mass is 9.93. The number of rotatable bonds is 9. The van der Waals surface area contributed by atoms with E-state index in [9.17, 15) is 9.59 Å². The molecule has 2 amide bonds. The van der Waals surface area contributed by atoms with Gasteiger partial charge in [0.25, 0.3) is 5.91 Å². The summed E-state index contributed by atoms with van der Waals surface area (Å²) in [5.74, 6) is 0.586. The molecule has 0 unspecified atom stereocenters. The molecule has 0 spiro atoms. The molecule has 0 bridgehead atoms. The van der Waals surface area contributed by atoms with E-state index in [4.69, 9.17) is 9.15 Å². The van der Waals surface area contributed by atoms with Gasteiger partial charge in [-0.15, -0.1) is 24.0 Å². The van der Waals surface area contributed by atoms with E-state index in [2.05, 4.69) is 26.3 Å². The molecule has 0 aliphatic heterocycles. The third-order valence-electron chi connectivity index (χ3n) is 4.39. The van der Waals surface area contributed by atoms with Gasteiger partial charge in [-0.25, -0.2) is 4.79 Å². The lowest BCUT2D eigenvalue weighted by Gasteiger charge is -2.34. The number of carbonyl (C=O) groups is 2. The molecule has 1 aromatic heterocycles. The van der Waals surface area contributed by atoms with Crippen molar-refractivity contribution in [2.45, 2.75) is 58.6 Å². The van der Waals surface area contributed by atoms with Crippen LogP contribution in [0.5, 0.6) is 0 Å². The van der Waals surface area contributed by atoms with Crippen molar-refractivity contribution < 1.29 is 18.7 Å². The molecule has 0 saturated carbocycles. The number of hydrogen-bond acceptors (Lipinski definition) is 5. The molecular formula is C20H36IN5O4. The summed E-state index contributed by atoms with van der Waals surface area (Å²) >= 11 is 0. The standard InChI is InChI=1S/C20H35N5O4.HI/c1-7-20(8-2,25-18(27)29-19(3,4)5)14-24-17(21-6)23-12-11-22-16(26)15-10-9-13-28-15;/h9-10,13H,7-8,11-12,14H2,1-6H3,(H,22,26)(H,25,27)(H2,21,23,24);1H. The summed E-state index contributed by atoms with van der Waals surface area (Å²) < 4.78 is 10.4. The fourth-order valence-electron chi connectivity index (χ4n) is 2.57. The number of guanidine groups is 1. The zero-order chi connectivity index (χ0) is 21.9. The fourth-order valence-corrected chi connectivity index (χ4v) is 2.57. The van der Waals surface area contributed by atoms with Crippen LogP contribution >= 0.6 is 24.0 Å². The van der Waals surface area contributed by atoms with Gasteiger partial charge in [0.1, 0.15) is 5.60 Å². The molecule has 0 atom stereocenters. The van der Waals surface area contributed by atoms with Crippen LogP contribution in [0.4, 0.5) is 4.79 Å². The van der Waals surface area contributed by atoms with Crippen LogP contribution in [0.15, 0.2) is 27.8 Å². The van der Waals surface area contributed by atoms with Gasteiger partial charge in [-0.05, 0) is 45.7 Å².